The molecule has 1 rings (SSSR count). The van der Waals surface area contributed by atoms with E-state index in [0.717, 1.165) is 0 Å². The number of nitrogens with zero attached hydrogens (tertiary/aromatic N) is 1. The minimum Gasteiger partial charge on any atom is -0.377 e. The molecule has 14 heavy (non-hydrogen) atoms. The summed E-state index contributed by atoms with van der Waals surface area (Å²) in [5, 5.41) is 0. The number of alkyl halides is 1. The van der Waals surface area contributed by atoms with Crippen LogP contribution in [0, 0.1) is 20.8 Å². The molecule has 1 aromatic carbocycles. The fourth-order valence-corrected chi connectivity index (χ4v) is 2.20. The maximum absolute atomic E-state index is 5.93. The number of aryl methyl sites for hydroxylation is 1. The molecule has 1 nitrogen and oxygen atoms in total. The summed E-state index contributed by atoms with van der Waals surface area (Å²) in [5.74, 6) is 0.603. The number of hydrogen-bond donors (Lipinski definition) is 0. The topological polar surface area (TPSA) is 3.24 Å². The van der Waals surface area contributed by atoms with Gasteiger partial charge in [-0.25, -0.2) is 0 Å². The Hall–Kier alpha value is -0.690. The highest BCUT2D eigenvalue weighted by Crippen LogP contribution is 2.28. The smallest absolute Gasteiger partial charge is 0.0479 e. The van der Waals surface area contributed by atoms with Crippen LogP contribution >= 0.6 is 11.6 Å². The summed E-state index contributed by atoms with van der Waals surface area (Å²) in [6.07, 6.45) is 0. The van der Waals surface area contributed by atoms with Crippen LogP contribution in [0.3, 0.4) is 0 Å². The molecule has 0 unspecified atom stereocenters. The molecule has 0 aliphatic rings. The SMILES string of the molecule is Cc1cc(N(C)C)c(C)c(C)c1CCl. The lowest BCUT2D eigenvalue weighted by Crippen LogP contribution is -2.12. The second kappa shape index (κ2) is 4.22. The third-order valence-corrected chi connectivity index (χ3v) is 3.11. The van der Waals surface area contributed by atoms with E-state index < -0.39 is 0 Å². The van der Waals surface area contributed by atoms with Crippen molar-refractivity contribution in [3.05, 3.63) is 28.3 Å². The summed E-state index contributed by atoms with van der Waals surface area (Å²) in [5.41, 5.74) is 6.50. The Kier molecular flexibility index (Phi) is 3.43. The first-order valence-electron chi connectivity index (χ1n) is 4.82. The highest BCUT2D eigenvalue weighted by Gasteiger charge is 2.10. The molecule has 0 aliphatic carbocycles. The van der Waals surface area contributed by atoms with Crippen molar-refractivity contribution in [2.24, 2.45) is 0 Å². The predicted octanol–water partition coefficient (Wildman–Crippen LogP) is 3.42. The van der Waals surface area contributed by atoms with Gasteiger partial charge in [0, 0.05) is 25.7 Å². The molecule has 0 saturated heterocycles. The van der Waals surface area contributed by atoms with E-state index in [1.54, 1.807) is 0 Å². The lowest BCUT2D eigenvalue weighted by molar-refractivity contribution is 1.08. The lowest BCUT2D eigenvalue weighted by Gasteiger charge is -2.20. The van der Waals surface area contributed by atoms with E-state index in [-0.39, 0.29) is 0 Å². The Morgan fingerprint density at radius 3 is 2.14 bits per heavy atom. The first kappa shape index (κ1) is 11.4. The summed E-state index contributed by atoms with van der Waals surface area (Å²) in [6.45, 7) is 6.42. The van der Waals surface area contributed by atoms with Gasteiger partial charge in [-0.05, 0) is 49.1 Å². The van der Waals surface area contributed by atoms with E-state index in [9.17, 15) is 0 Å². The van der Waals surface area contributed by atoms with Crippen LogP contribution in [-0.4, -0.2) is 14.1 Å². The molecule has 0 amide bonds. The van der Waals surface area contributed by atoms with Gasteiger partial charge >= 0.3 is 0 Å². The minimum absolute atomic E-state index is 0.603. The molecule has 0 bridgehead atoms. The fourth-order valence-electron chi connectivity index (χ4n) is 1.78. The largest absolute Gasteiger partial charge is 0.377 e. The summed E-state index contributed by atoms with van der Waals surface area (Å²) in [4.78, 5) is 2.15. The van der Waals surface area contributed by atoms with Crippen molar-refractivity contribution < 1.29 is 0 Å². The van der Waals surface area contributed by atoms with Gasteiger partial charge in [0.2, 0.25) is 0 Å². The third-order valence-electron chi connectivity index (χ3n) is 2.84. The summed E-state index contributed by atoms with van der Waals surface area (Å²) in [6, 6.07) is 2.21. The van der Waals surface area contributed by atoms with Gasteiger partial charge in [0.1, 0.15) is 0 Å². The Morgan fingerprint density at radius 2 is 1.71 bits per heavy atom. The van der Waals surface area contributed by atoms with Crippen molar-refractivity contribution >= 4 is 17.3 Å². The Balaban J connectivity index is 3.40. The van der Waals surface area contributed by atoms with E-state index in [4.69, 9.17) is 11.6 Å². The van der Waals surface area contributed by atoms with Crippen molar-refractivity contribution in [1.82, 2.24) is 0 Å². The van der Waals surface area contributed by atoms with Crippen molar-refractivity contribution in [3.8, 4) is 0 Å². The Bertz CT molecular complexity index is 343. The van der Waals surface area contributed by atoms with Crippen LogP contribution in [-0.2, 0) is 5.88 Å². The van der Waals surface area contributed by atoms with Crippen molar-refractivity contribution in [1.29, 1.82) is 0 Å². The maximum Gasteiger partial charge on any atom is 0.0479 e. The van der Waals surface area contributed by atoms with E-state index in [2.05, 4.69) is 45.8 Å². The fraction of sp³-hybridized carbons (Fsp3) is 0.500. The lowest BCUT2D eigenvalue weighted by atomic mass is 9.97. The zero-order valence-electron chi connectivity index (χ0n) is 9.61. The van der Waals surface area contributed by atoms with Crippen LogP contribution in [0.1, 0.15) is 22.3 Å². The second-order valence-corrected chi connectivity index (χ2v) is 4.24. The number of halogens is 1. The molecule has 0 radical (unpaired) electrons. The van der Waals surface area contributed by atoms with E-state index in [1.165, 1.54) is 27.9 Å². The molecule has 0 saturated carbocycles. The molecular weight excluding hydrogens is 194 g/mol. The number of rotatable bonds is 2. The molecule has 0 aliphatic heterocycles. The highest BCUT2D eigenvalue weighted by atomic mass is 35.5. The molecule has 0 aromatic heterocycles. The average molecular weight is 212 g/mol. The van der Waals surface area contributed by atoms with Gasteiger partial charge < -0.3 is 4.90 Å². The molecule has 1 aromatic rings. The first-order valence-corrected chi connectivity index (χ1v) is 5.35. The Morgan fingerprint density at radius 1 is 1.14 bits per heavy atom. The van der Waals surface area contributed by atoms with Crippen molar-refractivity contribution in [2.75, 3.05) is 19.0 Å². The zero-order chi connectivity index (χ0) is 10.9. The standard InChI is InChI=1S/C12H18ClN/c1-8-6-12(14(4)5)10(3)9(2)11(8)7-13/h6H,7H2,1-5H3. The molecule has 0 fully saturated rings. The normalized spacial score (nSPS) is 10.4. The highest BCUT2D eigenvalue weighted by molar-refractivity contribution is 6.17. The van der Waals surface area contributed by atoms with Crippen LogP contribution < -0.4 is 4.90 Å². The van der Waals surface area contributed by atoms with Gasteiger partial charge in [0.25, 0.3) is 0 Å². The molecule has 0 heterocycles. The summed E-state index contributed by atoms with van der Waals surface area (Å²) in [7, 11) is 4.14. The summed E-state index contributed by atoms with van der Waals surface area (Å²) >= 11 is 5.93. The minimum atomic E-state index is 0.603. The first-order chi connectivity index (χ1) is 6.49. The zero-order valence-corrected chi connectivity index (χ0v) is 10.4. The van der Waals surface area contributed by atoms with Crippen LogP contribution in [0.25, 0.3) is 0 Å². The predicted molar refractivity (Wildman–Crippen MR) is 64.5 cm³/mol. The molecule has 0 spiro atoms. The van der Waals surface area contributed by atoms with Gasteiger partial charge in [-0.1, -0.05) is 0 Å². The van der Waals surface area contributed by atoms with E-state index in [0.29, 0.717) is 5.88 Å². The van der Waals surface area contributed by atoms with Crippen LogP contribution in [0.5, 0.6) is 0 Å². The molecular formula is C12H18ClN. The number of anilines is 1. The maximum atomic E-state index is 5.93. The van der Waals surface area contributed by atoms with Gasteiger partial charge in [0.05, 0.1) is 0 Å². The van der Waals surface area contributed by atoms with Crippen molar-refractivity contribution in [3.63, 3.8) is 0 Å². The molecule has 0 atom stereocenters. The van der Waals surface area contributed by atoms with Crippen molar-refractivity contribution in [2.45, 2.75) is 26.7 Å². The molecule has 78 valence electrons. The van der Waals surface area contributed by atoms with Crippen LogP contribution in [0.4, 0.5) is 5.69 Å². The van der Waals surface area contributed by atoms with E-state index in [1.807, 2.05) is 0 Å². The third kappa shape index (κ3) is 1.88. The quantitative estimate of drug-likeness (QED) is 0.678. The monoisotopic (exact) mass is 211 g/mol. The Labute approximate surface area is 91.7 Å². The van der Waals surface area contributed by atoms with Gasteiger partial charge in [-0.2, -0.15) is 0 Å². The van der Waals surface area contributed by atoms with Gasteiger partial charge in [-0.3, -0.25) is 0 Å². The molecule has 0 N–H and O–H groups in total. The van der Waals surface area contributed by atoms with Gasteiger partial charge in [-0.15, -0.1) is 11.6 Å². The van der Waals surface area contributed by atoms with Crippen LogP contribution in [0.15, 0.2) is 6.07 Å². The summed E-state index contributed by atoms with van der Waals surface area (Å²) < 4.78 is 0. The second-order valence-electron chi connectivity index (χ2n) is 3.97. The van der Waals surface area contributed by atoms with Crippen LogP contribution in [0.2, 0.25) is 0 Å². The number of benzene rings is 1. The molecule has 2 heteroatoms. The number of hydrogen-bond acceptors (Lipinski definition) is 1. The van der Waals surface area contributed by atoms with Gasteiger partial charge in [0.15, 0.2) is 0 Å². The average Bonchev–Trinajstić information content (AvgIpc) is 2.12. The van der Waals surface area contributed by atoms with E-state index >= 15 is 0 Å².